The van der Waals surface area contributed by atoms with Crippen molar-refractivity contribution in [1.29, 1.82) is 0 Å². The molecular formula is C17H30N2O4. The molecule has 2 amide bonds. The molecular weight excluding hydrogens is 296 g/mol. The fourth-order valence-corrected chi connectivity index (χ4v) is 1.89. The molecule has 0 fully saturated rings. The fourth-order valence-electron chi connectivity index (χ4n) is 1.89. The maximum atomic E-state index is 11.6. The molecule has 0 heterocycles. The van der Waals surface area contributed by atoms with Crippen LogP contribution in [0.3, 0.4) is 0 Å². The van der Waals surface area contributed by atoms with Gasteiger partial charge in [0, 0.05) is 24.8 Å². The van der Waals surface area contributed by atoms with Crippen LogP contribution in [0.1, 0.15) is 59.8 Å². The monoisotopic (exact) mass is 326 g/mol. The van der Waals surface area contributed by atoms with Gasteiger partial charge in [-0.05, 0) is 33.1 Å². The third kappa shape index (κ3) is 11.5. The summed E-state index contributed by atoms with van der Waals surface area (Å²) in [5.41, 5.74) is 0. The van der Waals surface area contributed by atoms with Gasteiger partial charge >= 0.3 is 0 Å². The summed E-state index contributed by atoms with van der Waals surface area (Å²) in [6.07, 6.45) is 3.27. The summed E-state index contributed by atoms with van der Waals surface area (Å²) in [6, 6.07) is 0. The predicted molar refractivity (Wildman–Crippen MR) is 88.8 cm³/mol. The molecule has 0 rings (SSSR count). The lowest BCUT2D eigenvalue weighted by Crippen LogP contribution is -2.37. The van der Waals surface area contributed by atoms with E-state index < -0.39 is 0 Å². The second-order valence-electron chi connectivity index (χ2n) is 6.18. The first-order valence-electron chi connectivity index (χ1n) is 8.28. The average molecular weight is 326 g/mol. The van der Waals surface area contributed by atoms with E-state index in [-0.39, 0.29) is 48.2 Å². The zero-order valence-electron chi connectivity index (χ0n) is 14.7. The summed E-state index contributed by atoms with van der Waals surface area (Å²) >= 11 is 0. The fraction of sp³-hybridized carbons (Fsp3) is 0.765. The van der Waals surface area contributed by atoms with Crippen LogP contribution in [0.25, 0.3) is 0 Å². The zero-order valence-corrected chi connectivity index (χ0v) is 14.7. The highest BCUT2D eigenvalue weighted by Gasteiger charge is 2.11. The summed E-state index contributed by atoms with van der Waals surface area (Å²) < 4.78 is 0. The lowest BCUT2D eigenvalue weighted by molar-refractivity contribution is -0.126. The van der Waals surface area contributed by atoms with Gasteiger partial charge in [0.25, 0.3) is 0 Å². The SMILES string of the molecule is CC(=O)C(C)CCCCNC(=O)CNC(=O)CC[C@H](C)C(C)=O. The van der Waals surface area contributed by atoms with E-state index in [0.717, 1.165) is 19.3 Å². The van der Waals surface area contributed by atoms with E-state index in [4.69, 9.17) is 0 Å². The van der Waals surface area contributed by atoms with Crippen molar-refractivity contribution < 1.29 is 19.2 Å². The molecule has 23 heavy (non-hydrogen) atoms. The highest BCUT2D eigenvalue weighted by atomic mass is 16.2. The molecule has 0 saturated carbocycles. The third-order valence-electron chi connectivity index (χ3n) is 4.02. The maximum Gasteiger partial charge on any atom is 0.239 e. The van der Waals surface area contributed by atoms with Gasteiger partial charge in [0.05, 0.1) is 6.54 Å². The lowest BCUT2D eigenvalue weighted by atomic mass is 10.0. The van der Waals surface area contributed by atoms with Crippen molar-refractivity contribution in [2.75, 3.05) is 13.1 Å². The van der Waals surface area contributed by atoms with Crippen molar-refractivity contribution >= 4 is 23.4 Å². The minimum Gasteiger partial charge on any atom is -0.355 e. The van der Waals surface area contributed by atoms with E-state index in [1.807, 2.05) is 6.92 Å². The van der Waals surface area contributed by atoms with E-state index in [1.165, 1.54) is 6.92 Å². The van der Waals surface area contributed by atoms with Gasteiger partial charge < -0.3 is 10.6 Å². The number of unbranched alkanes of at least 4 members (excludes halogenated alkanes) is 1. The number of nitrogens with one attached hydrogen (secondary N) is 2. The summed E-state index contributed by atoms with van der Waals surface area (Å²) in [5, 5.41) is 5.28. The predicted octanol–water partition coefficient (Wildman–Crippen LogP) is 1.62. The molecule has 0 aliphatic rings. The minimum absolute atomic E-state index is 0.0445. The molecule has 0 saturated heterocycles. The second-order valence-corrected chi connectivity index (χ2v) is 6.18. The van der Waals surface area contributed by atoms with Crippen LogP contribution in [-0.2, 0) is 19.2 Å². The molecule has 2 N–H and O–H groups in total. The Morgan fingerprint density at radius 1 is 0.783 bits per heavy atom. The van der Waals surface area contributed by atoms with Crippen LogP contribution >= 0.6 is 0 Å². The molecule has 0 radical (unpaired) electrons. The van der Waals surface area contributed by atoms with Gasteiger partial charge in [-0.1, -0.05) is 20.3 Å². The summed E-state index contributed by atoms with van der Waals surface area (Å²) in [5.74, 6) is -0.249. The molecule has 0 aliphatic carbocycles. The topological polar surface area (TPSA) is 92.3 Å². The Kier molecular flexibility index (Phi) is 10.9. The normalized spacial score (nSPS) is 13.0. The highest BCUT2D eigenvalue weighted by Crippen LogP contribution is 2.08. The van der Waals surface area contributed by atoms with Gasteiger partial charge in [-0.15, -0.1) is 0 Å². The standard InChI is InChI=1S/C17H30N2O4/c1-12(14(3)20)7-5-6-10-18-17(23)11-19-16(22)9-8-13(2)15(4)21/h12-13H,5-11H2,1-4H3,(H,18,23)(H,19,22)/t12?,13-/m0/s1. The van der Waals surface area contributed by atoms with Crippen LogP contribution in [0.4, 0.5) is 0 Å². The van der Waals surface area contributed by atoms with Crippen LogP contribution in [0.15, 0.2) is 0 Å². The molecule has 0 aliphatic heterocycles. The van der Waals surface area contributed by atoms with Crippen LogP contribution in [0.5, 0.6) is 0 Å². The van der Waals surface area contributed by atoms with Crippen molar-refractivity contribution in [1.82, 2.24) is 10.6 Å². The molecule has 6 nitrogen and oxygen atoms in total. The third-order valence-corrected chi connectivity index (χ3v) is 4.02. The first-order chi connectivity index (χ1) is 10.7. The Balaban J connectivity index is 3.65. The maximum absolute atomic E-state index is 11.6. The number of hydrogen-bond donors (Lipinski definition) is 2. The first kappa shape index (κ1) is 21.3. The molecule has 0 aromatic carbocycles. The van der Waals surface area contributed by atoms with Crippen LogP contribution in [0, 0.1) is 11.8 Å². The van der Waals surface area contributed by atoms with Gasteiger partial charge in [0.2, 0.25) is 11.8 Å². The Morgan fingerprint density at radius 2 is 1.35 bits per heavy atom. The summed E-state index contributed by atoms with van der Waals surface area (Å²) in [6.45, 7) is 7.29. The van der Waals surface area contributed by atoms with Crippen LogP contribution in [-0.4, -0.2) is 36.5 Å². The minimum atomic E-state index is -0.224. The van der Waals surface area contributed by atoms with Crippen molar-refractivity contribution in [3.05, 3.63) is 0 Å². The Bertz CT molecular complexity index is 421. The number of carbonyl (C=O) groups excluding carboxylic acids is 4. The van der Waals surface area contributed by atoms with E-state index in [9.17, 15) is 19.2 Å². The highest BCUT2D eigenvalue weighted by molar-refractivity contribution is 5.85. The van der Waals surface area contributed by atoms with Crippen LogP contribution < -0.4 is 10.6 Å². The smallest absolute Gasteiger partial charge is 0.239 e. The molecule has 1 unspecified atom stereocenters. The molecule has 2 atom stereocenters. The molecule has 132 valence electrons. The number of Topliss-reactive ketones (excluding diaryl/α,β-unsaturated/α-hetero) is 2. The Labute approximate surface area is 138 Å². The van der Waals surface area contributed by atoms with Crippen molar-refractivity contribution in [3.8, 4) is 0 Å². The van der Waals surface area contributed by atoms with Crippen LogP contribution in [0.2, 0.25) is 0 Å². The number of rotatable bonds is 12. The molecule has 6 heteroatoms. The zero-order chi connectivity index (χ0) is 17.8. The summed E-state index contributed by atoms with van der Waals surface area (Å²) in [7, 11) is 0. The van der Waals surface area contributed by atoms with Gasteiger partial charge in [-0.2, -0.15) is 0 Å². The second kappa shape index (κ2) is 11.8. The molecule has 0 aromatic heterocycles. The van der Waals surface area contributed by atoms with E-state index in [0.29, 0.717) is 13.0 Å². The molecule has 0 bridgehead atoms. The number of carbonyl (C=O) groups is 4. The molecule has 0 spiro atoms. The first-order valence-corrected chi connectivity index (χ1v) is 8.28. The average Bonchev–Trinajstić information content (AvgIpc) is 2.49. The van der Waals surface area contributed by atoms with E-state index in [1.54, 1.807) is 13.8 Å². The molecule has 0 aromatic rings. The number of amides is 2. The van der Waals surface area contributed by atoms with E-state index >= 15 is 0 Å². The summed E-state index contributed by atoms with van der Waals surface area (Å²) in [4.78, 5) is 45.2. The quantitative estimate of drug-likeness (QED) is 0.533. The van der Waals surface area contributed by atoms with Gasteiger partial charge in [0.15, 0.2) is 0 Å². The van der Waals surface area contributed by atoms with Crippen molar-refractivity contribution in [2.45, 2.75) is 59.8 Å². The largest absolute Gasteiger partial charge is 0.355 e. The van der Waals surface area contributed by atoms with Crippen molar-refractivity contribution in [3.63, 3.8) is 0 Å². The van der Waals surface area contributed by atoms with Crippen molar-refractivity contribution in [2.24, 2.45) is 11.8 Å². The Morgan fingerprint density at radius 3 is 1.91 bits per heavy atom. The lowest BCUT2D eigenvalue weighted by Gasteiger charge is -2.09. The number of ketones is 2. The van der Waals surface area contributed by atoms with Gasteiger partial charge in [-0.3, -0.25) is 19.2 Å². The van der Waals surface area contributed by atoms with Gasteiger partial charge in [0.1, 0.15) is 11.6 Å². The number of hydrogen-bond acceptors (Lipinski definition) is 4. The van der Waals surface area contributed by atoms with Gasteiger partial charge in [-0.25, -0.2) is 0 Å². The Hall–Kier alpha value is -1.72. The van der Waals surface area contributed by atoms with E-state index in [2.05, 4.69) is 10.6 Å².